The fourth-order valence-electron chi connectivity index (χ4n) is 4.94. The van der Waals surface area contributed by atoms with E-state index in [2.05, 4.69) is 13.8 Å². The van der Waals surface area contributed by atoms with Crippen LogP contribution in [0.5, 0.6) is 0 Å². The fraction of sp³-hybridized carbons (Fsp3) is 0.812. The summed E-state index contributed by atoms with van der Waals surface area (Å²) in [4.78, 5) is 12.0. The van der Waals surface area contributed by atoms with Crippen LogP contribution in [0.2, 0.25) is 0 Å². The monoisotopic (exact) mass is 278 g/mol. The molecule has 4 nitrogen and oxygen atoms in total. The van der Waals surface area contributed by atoms with Crippen LogP contribution in [-0.4, -0.2) is 35.0 Å². The maximum atomic E-state index is 12.0. The highest BCUT2D eigenvalue weighted by atomic mass is 16.6. The second-order valence-electron chi connectivity index (χ2n) is 7.14. The third kappa shape index (κ3) is 1.27. The van der Waals surface area contributed by atoms with Gasteiger partial charge in [0.25, 0.3) is 0 Å². The molecule has 110 valence electrons. The SMILES string of the molecule is CCC1=C2C[C@]3(C)[C@@H](C)[C@H](O)C[C@@H]4O[C@@]43C[C@H]2OC1=O. The Kier molecular flexibility index (Phi) is 2.35. The van der Waals surface area contributed by atoms with Crippen molar-refractivity contribution in [2.24, 2.45) is 11.3 Å². The van der Waals surface area contributed by atoms with Crippen LogP contribution < -0.4 is 0 Å². The Morgan fingerprint density at radius 2 is 2.20 bits per heavy atom. The van der Waals surface area contributed by atoms with Crippen molar-refractivity contribution in [3.63, 3.8) is 0 Å². The Bertz CT molecular complexity index is 525. The summed E-state index contributed by atoms with van der Waals surface area (Å²) in [5.41, 5.74) is 1.76. The number of ether oxygens (including phenoxy) is 2. The standard InChI is InChI=1S/C16H22O4/c1-4-9-10-6-15(3)8(2)11(17)5-13-16(15,20-13)7-12(10)19-14(9)18/h8,11-13,17H,4-7H2,1-3H3/t8-,11+,12+,13-,15+,16-/m0/s1. The Hall–Kier alpha value is -0.870. The zero-order valence-corrected chi connectivity index (χ0v) is 12.3. The number of fused-ring (bicyclic) bond motifs is 1. The van der Waals surface area contributed by atoms with Gasteiger partial charge in [-0.25, -0.2) is 4.79 Å². The van der Waals surface area contributed by atoms with E-state index in [1.165, 1.54) is 5.57 Å². The number of hydrogen-bond donors (Lipinski definition) is 1. The first-order valence-electron chi connectivity index (χ1n) is 7.71. The Balaban J connectivity index is 1.78. The molecule has 2 heterocycles. The van der Waals surface area contributed by atoms with E-state index >= 15 is 0 Å². The highest BCUT2D eigenvalue weighted by Crippen LogP contribution is 2.68. The third-order valence-corrected chi connectivity index (χ3v) is 6.49. The molecule has 4 aliphatic rings. The van der Waals surface area contributed by atoms with Gasteiger partial charge in [-0.3, -0.25) is 0 Å². The summed E-state index contributed by atoms with van der Waals surface area (Å²) in [6.07, 6.45) is 2.80. The first-order valence-corrected chi connectivity index (χ1v) is 7.71. The summed E-state index contributed by atoms with van der Waals surface area (Å²) < 4.78 is 11.6. The Labute approximate surface area is 119 Å². The number of carbonyl (C=O) groups excluding carboxylic acids is 1. The van der Waals surface area contributed by atoms with Gasteiger partial charge in [-0.1, -0.05) is 20.8 Å². The van der Waals surface area contributed by atoms with Gasteiger partial charge in [-0.15, -0.1) is 0 Å². The molecule has 0 aromatic carbocycles. The Morgan fingerprint density at radius 1 is 1.45 bits per heavy atom. The summed E-state index contributed by atoms with van der Waals surface area (Å²) in [7, 11) is 0. The van der Waals surface area contributed by atoms with Gasteiger partial charge in [0.05, 0.1) is 12.2 Å². The topological polar surface area (TPSA) is 59.1 Å². The lowest BCUT2D eigenvalue weighted by Gasteiger charge is -2.50. The highest BCUT2D eigenvalue weighted by Gasteiger charge is 2.75. The van der Waals surface area contributed by atoms with Crippen molar-refractivity contribution >= 4 is 5.97 Å². The van der Waals surface area contributed by atoms with Crippen molar-refractivity contribution in [3.8, 4) is 0 Å². The molecular weight excluding hydrogens is 256 g/mol. The van der Waals surface area contributed by atoms with Crippen LogP contribution in [0, 0.1) is 11.3 Å². The molecule has 20 heavy (non-hydrogen) atoms. The van der Waals surface area contributed by atoms with E-state index in [0.717, 1.165) is 31.3 Å². The number of carbonyl (C=O) groups is 1. The summed E-state index contributed by atoms with van der Waals surface area (Å²) in [5, 5.41) is 10.3. The average molecular weight is 278 g/mol. The average Bonchev–Trinajstić information content (AvgIpc) is 2.99. The molecule has 1 N–H and O–H groups in total. The molecule has 2 saturated carbocycles. The molecule has 0 aromatic rings. The van der Waals surface area contributed by atoms with Crippen LogP contribution in [-0.2, 0) is 14.3 Å². The van der Waals surface area contributed by atoms with Crippen molar-refractivity contribution in [3.05, 3.63) is 11.1 Å². The van der Waals surface area contributed by atoms with E-state index in [-0.39, 0.29) is 41.2 Å². The van der Waals surface area contributed by atoms with Gasteiger partial charge in [-0.2, -0.15) is 0 Å². The van der Waals surface area contributed by atoms with Crippen LogP contribution in [0.4, 0.5) is 0 Å². The number of epoxide rings is 1. The molecule has 4 heteroatoms. The molecule has 2 aliphatic heterocycles. The van der Waals surface area contributed by atoms with Crippen LogP contribution in [0.3, 0.4) is 0 Å². The zero-order chi connectivity index (χ0) is 14.3. The predicted molar refractivity (Wildman–Crippen MR) is 71.9 cm³/mol. The summed E-state index contributed by atoms with van der Waals surface area (Å²) in [6, 6.07) is 0. The second kappa shape index (κ2) is 3.66. The molecule has 0 radical (unpaired) electrons. The fourth-order valence-corrected chi connectivity index (χ4v) is 4.94. The summed E-state index contributed by atoms with van der Waals surface area (Å²) in [5.74, 6) is 0.0417. The van der Waals surface area contributed by atoms with Crippen molar-refractivity contribution in [1.29, 1.82) is 0 Å². The molecule has 1 spiro atoms. The lowest BCUT2D eigenvalue weighted by Crippen LogP contribution is -2.55. The number of rotatable bonds is 1. The minimum Gasteiger partial charge on any atom is -0.454 e. The smallest absolute Gasteiger partial charge is 0.334 e. The van der Waals surface area contributed by atoms with Crippen molar-refractivity contribution in [2.75, 3.05) is 0 Å². The minimum absolute atomic E-state index is 0.0852. The van der Waals surface area contributed by atoms with Crippen molar-refractivity contribution in [1.82, 2.24) is 0 Å². The molecular formula is C16H22O4. The maximum absolute atomic E-state index is 12.0. The molecule has 1 saturated heterocycles. The molecule has 0 unspecified atom stereocenters. The van der Waals surface area contributed by atoms with E-state index in [9.17, 15) is 9.90 Å². The lowest BCUT2D eigenvalue weighted by molar-refractivity contribution is -0.143. The Morgan fingerprint density at radius 3 is 2.90 bits per heavy atom. The van der Waals surface area contributed by atoms with Crippen molar-refractivity contribution in [2.45, 2.75) is 70.4 Å². The second-order valence-corrected chi connectivity index (χ2v) is 7.14. The van der Waals surface area contributed by atoms with E-state index < -0.39 is 0 Å². The predicted octanol–water partition coefficient (Wildman–Crippen LogP) is 1.96. The first kappa shape index (κ1) is 12.8. The van der Waals surface area contributed by atoms with Gasteiger partial charge >= 0.3 is 5.97 Å². The molecule has 2 aliphatic carbocycles. The lowest BCUT2D eigenvalue weighted by atomic mass is 9.53. The van der Waals surface area contributed by atoms with Gasteiger partial charge in [0.15, 0.2) is 0 Å². The van der Waals surface area contributed by atoms with Gasteiger partial charge in [0.1, 0.15) is 11.7 Å². The molecule has 3 fully saturated rings. The van der Waals surface area contributed by atoms with Gasteiger partial charge in [-0.05, 0) is 24.3 Å². The quantitative estimate of drug-likeness (QED) is 0.588. The van der Waals surface area contributed by atoms with Crippen LogP contribution in [0.25, 0.3) is 0 Å². The number of hydrogen-bond acceptors (Lipinski definition) is 4. The number of esters is 1. The van der Waals surface area contributed by atoms with E-state index in [4.69, 9.17) is 9.47 Å². The normalized spacial score (nSPS) is 53.1. The van der Waals surface area contributed by atoms with Gasteiger partial charge < -0.3 is 14.6 Å². The van der Waals surface area contributed by atoms with Gasteiger partial charge in [0, 0.05) is 23.8 Å². The molecule has 0 aromatic heterocycles. The van der Waals surface area contributed by atoms with E-state index in [1.807, 2.05) is 6.92 Å². The molecule has 0 amide bonds. The number of aliphatic hydroxyl groups excluding tert-OH is 1. The first-order chi connectivity index (χ1) is 9.43. The van der Waals surface area contributed by atoms with Crippen LogP contribution in [0.1, 0.15) is 46.5 Å². The van der Waals surface area contributed by atoms with E-state index in [1.54, 1.807) is 0 Å². The van der Waals surface area contributed by atoms with E-state index in [0.29, 0.717) is 0 Å². The number of aliphatic hydroxyl groups is 1. The third-order valence-electron chi connectivity index (χ3n) is 6.49. The minimum atomic E-state index is -0.305. The largest absolute Gasteiger partial charge is 0.454 e. The summed E-state index contributed by atoms with van der Waals surface area (Å²) in [6.45, 7) is 6.35. The summed E-state index contributed by atoms with van der Waals surface area (Å²) >= 11 is 0. The highest BCUT2D eigenvalue weighted by molar-refractivity contribution is 5.92. The molecule has 4 rings (SSSR count). The molecule has 6 atom stereocenters. The maximum Gasteiger partial charge on any atom is 0.334 e. The van der Waals surface area contributed by atoms with Crippen molar-refractivity contribution < 1.29 is 19.4 Å². The van der Waals surface area contributed by atoms with Crippen LogP contribution >= 0.6 is 0 Å². The zero-order valence-electron chi connectivity index (χ0n) is 12.3. The van der Waals surface area contributed by atoms with Crippen LogP contribution in [0.15, 0.2) is 11.1 Å². The van der Waals surface area contributed by atoms with Gasteiger partial charge in [0.2, 0.25) is 0 Å². The molecule has 0 bridgehead atoms.